The van der Waals surface area contributed by atoms with Crippen LogP contribution < -0.4 is 9.47 Å². The number of pyridine rings is 1. The molecule has 1 aromatic carbocycles. The van der Waals surface area contributed by atoms with Crippen molar-refractivity contribution in [2.45, 2.75) is 5.92 Å². The molecule has 0 saturated heterocycles. The molecule has 104 valence electrons. The zero-order valence-corrected chi connectivity index (χ0v) is 11.0. The summed E-state index contributed by atoms with van der Waals surface area (Å²) in [6, 6.07) is 12.2. The van der Waals surface area contributed by atoms with E-state index in [4.69, 9.17) is 9.47 Å². The monoisotopic (exact) mass is 273 g/mol. The number of carbonyl (C=O) groups is 1. The van der Waals surface area contributed by atoms with Crippen molar-refractivity contribution in [3.05, 3.63) is 54.4 Å². The molecule has 2 rings (SSSR count). The number of ether oxygens (including phenoxy) is 2. The number of methoxy groups -OCH3 is 1. The van der Waals surface area contributed by atoms with Gasteiger partial charge in [0.05, 0.1) is 12.8 Å². The average molecular weight is 273 g/mol. The van der Waals surface area contributed by atoms with E-state index in [1.54, 1.807) is 55.8 Å². The third kappa shape index (κ3) is 3.47. The summed E-state index contributed by atoms with van der Waals surface area (Å²) in [7, 11) is 1.58. The van der Waals surface area contributed by atoms with Crippen LogP contribution in [0, 0.1) is 0 Å². The average Bonchev–Trinajstić information content (AvgIpc) is 2.49. The molecule has 0 fully saturated rings. The molecule has 0 aliphatic heterocycles. The lowest BCUT2D eigenvalue weighted by molar-refractivity contribution is -0.139. The van der Waals surface area contributed by atoms with Gasteiger partial charge >= 0.3 is 5.97 Å². The van der Waals surface area contributed by atoms with E-state index in [1.165, 1.54) is 0 Å². The second-order valence-corrected chi connectivity index (χ2v) is 4.13. The fourth-order valence-corrected chi connectivity index (χ4v) is 1.72. The van der Waals surface area contributed by atoms with Gasteiger partial charge in [-0.25, -0.2) is 0 Å². The molecule has 0 aliphatic carbocycles. The number of rotatable bonds is 6. The van der Waals surface area contributed by atoms with Gasteiger partial charge in [0.15, 0.2) is 0 Å². The Hall–Kier alpha value is -2.56. The van der Waals surface area contributed by atoms with Crippen LogP contribution in [0.1, 0.15) is 11.6 Å². The minimum absolute atomic E-state index is 0.0265. The molecule has 1 unspecified atom stereocenters. The molecule has 5 nitrogen and oxygen atoms in total. The fraction of sp³-hybridized carbons (Fsp3) is 0.200. The highest BCUT2D eigenvalue weighted by atomic mass is 16.5. The quantitative estimate of drug-likeness (QED) is 0.874. The third-order valence-corrected chi connectivity index (χ3v) is 2.82. The first kappa shape index (κ1) is 13.9. The standard InChI is InChI=1S/C15H15NO4/c1-19-11-5-7-12(8-6-11)20-10-13(15(17)18)14-4-2-3-9-16-14/h2-9,13H,10H2,1H3,(H,17,18). The highest BCUT2D eigenvalue weighted by molar-refractivity contribution is 5.75. The van der Waals surface area contributed by atoms with Crippen molar-refractivity contribution in [2.75, 3.05) is 13.7 Å². The van der Waals surface area contributed by atoms with Crippen LogP contribution >= 0.6 is 0 Å². The van der Waals surface area contributed by atoms with Crippen molar-refractivity contribution in [1.29, 1.82) is 0 Å². The Labute approximate surface area is 116 Å². The Balaban J connectivity index is 2.04. The maximum Gasteiger partial charge on any atom is 0.316 e. The van der Waals surface area contributed by atoms with Gasteiger partial charge in [0, 0.05) is 6.20 Å². The van der Waals surface area contributed by atoms with Gasteiger partial charge in [-0.2, -0.15) is 0 Å². The van der Waals surface area contributed by atoms with Crippen molar-refractivity contribution < 1.29 is 19.4 Å². The Bertz CT molecular complexity index is 554. The van der Waals surface area contributed by atoms with E-state index in [0.717, 1.165) is 5.75 Å². The smallest absolute Gasteiger partial charge is 0.316 e. The van der Waals surface area contributed by atoms with Gasteiger partial charge in [0.1, 0.15) is 24.0 Å². The van der Waals surface area contributed by atoms with Gasteiger partial charge in [-0.15, -0.1) is 0 Å². The van der Waals surface area contributed by atoms with E-state index >= 15 is 0 Å². The molecule has 1 heterocycles. The first-order chi connectivity index (χ1) is 9.70. The van der Waals surface area contributed by atoms with E-state index in [0.29, 0.717) is 11.4 Å². The van der Waals surface area contributed by atoms with Crippen LogP contribution in [0.2, 0.25) is 0 Å². The summed E-state index contributed by atoms with van der Waals surface area (Å²) in [5.41, 5.74) is 0.480. The summed E-state index contributed by atoms with van der Waals surface area (Å²) in [5, 5.41) is 9.25. The summed E-state index contributed by atoms with van der Waals surface area (Å²) < 4.78 is 10.5. The SMILES string of the molecule is COc1ccc(OCC(C(=O)O)c2ccccn2)cc1. The van der Waals surface area contributed by atoms with Crippen LogP contribution in [0.15, 0.2) is 48.7 Å². The van der Waals surface area contributed by atoms with Crippen molar-refractivity contribution in [2.24, 2.45) is 0 Å². The molecule has 1 N–H and O–H groups in total. The number of nitrogens with zero attached hydrogens (tertiary/aromatic N) is 1. The molecule has 0 spiro atoms. The molecular weight excluding hydrogens is 258 g/mol. The summed E-state index contributed by atoms with van der Waals surface area (Å²) in [4.78, 5) is 15.3. The summed E-state index contributed by atoms with van der Waals surface area (Å²) in [5.74, 6) is -0.444. The highest BCUT2D eigenvalue weighted by Crippen LogP contribution is 2.20. The Morgan fingerprint density at radius 3 is 2.45 bits per heavy atom. The second kappa shape index (κ2) is 6.56. The number of hydrogen-bond donors (Lipinski definition) is 1. The zero-order valence-electron chi connectivity index (χ0n) is 11.0. The molecule has 1 aromatic heterocycles. The van der Waals surface area contributed by atoms with Crippen molar-refractivity contribution in [3.8, 4) is 11.5 Å². The largest absolute Gasteiger partial charge is 0.497 e. The first-order valence-corrected chi connectivity index (χ1v) is 6.11. The summed E-state index contributed by atoms with van der Waals surface area (Å²) in [6.45, 7) is 0.0265. The van der Waals surface area contributed by atoms with E-state index < -0.39 is 11.9 Å². The lowest BCUT2D eigenvalue weighted by atomic mass is 10.1. The second-order valence-electron chi connectivity index (χ2n) is 4.13. The molecule has 0 amide bonds. The molecule has 20 heavy (non-hydrogen) atoms. The predicted molar refractivity (Wildman–Crippen MR) is 73.1 cm³/mol. The molecule has 2 aromatic rings. The topological polar surface area (TPSA) is 68.7 Å². The van der Waals surface area contributed by atoms with Crippen molar-refractivity contribution in [1.82, 2.24) is 4.98 Å². The van der Waals surface area contributed by atoms with Gasteiger partial charge in [-0.3, -0.25) is 9.78 Å². The molecular formula is C15H15NO4. The van der Waals surface area contributed by atoms with Crippen LogP contribution in [-0.2, 0) is 4.79 Å². The first-order valence-electron chi connectivity index (χ1n) is 6.11. The third-order valence-electron chi connectivity index (χ3n) is 2.82. The minimum Gasteiger partial charge on any atom is -0.497 e. The lowest BCUT2D eigenvalue weighted by Crippen LogP contribution is -2.20. The minimum atomic E-state index is -0.961. The number of aliphatic carboxylic acids is 1. The maximum absolute atomic E-state index is 11.3. The Morgan fingerprint density at radius 1 is 1.20 bits per heavy atom. The molecule has 0 bridgehead atoms. The van der Waals surface area contributed by atoms with Gasteiger partial charge in [0.25, 0.3) is 0 Å². The molecule has 5 heteroatoms. The normalized spacial score (nSPS) is 11.7. The number of benzene rings is 1. The predicted octanol–water partition coefficient (Wildman–Crippen LogP) is 2.34. The maximum atomic E-state index is 11.3. The molecule has 0 saturated carbocycles. The van der Waals surface area contributed by atoms with Gasteiger partial charge < -0.3 is 14.6 Å². The fourth-order valence-electron chi connectivity index (χ4n) is 1.72. The Kier molecular flexibility index (Phi) is 4.55. The number of carboxylic acid groups (broad SMARTS) is 1. The molecule has 0 radical (unpaired) electrons. The van der Waals surface area contributed by atoms with Gasteiger partial charge in [0.2, 0.25) is 0 Å². The Morgan fingerprint density at radius 2 is 1.90 bits per heavy atom. The number of hydrogen-bond acceptors (Lipinski definition) is 4. The van der Waals surface area contributed by atoms with E-state index in [2.05, 4.69) is 4.98 Å². The zero-order chi connectivity index (χ0) is 14.4. The summed E-state index contributed by atoms with van der Waals surface area (Å²) >= 11 is 0. The van der Waals surface area contributed by atoms with Crippen LogP contribution in [-0.4, -0.2) is 29.8 Å². The van der Waals surface area contributed by atoms with Gasteiger partial charge in [-0.1, -0.05) is 6.07 Å². The lowest BCUT2D eigenvalue weighted by Gasteiger charge is -2.13. The van der Waals surface area contributed by atoms with Crippen LogP contribution in [0.25, 0.3) is 0 Å². The van der Waals surface area contributed by atoms with Crippen molar-refractivity contribution >= 4 is 5.97 Å². The van der Waals surface area contributed by atoms with Crippen LogP contribution in [0.3, 0.4) is 0 Å². The van der Waals surface area contributed by atoms with E-state index in [1.807, 2.05) is 0 Å². The summed E-state index contributed by atoms with van der Waals surface area (Å²) in [6.07, 6.45) is 1.57. The molecule has 0 aliphatic rings. The van der Waals surface area contributed by atoms with Crippen molar-refractivity contribution in [3.63, 3.8) is 0 Å². The van der Waals surface area contributed by atoms with E-state index in [-0.39, 0.29) is 6.61 Å². The van der Waals surface area contributed by atoms with Crippen LogP contribution in [0.5, 0.6) is 11.5 Å². The van der Waals surface area contributed by atoms with E-state index in [9.17, 15) is 9.90 Å². The van der Waals surface area contributed by atoms with Crippen LogP contribution in [0.4, 0.5) is 0 Å². The number of aromatic nitrogens is 1. The molecule has 1 atom stereocenters. The highest BCUT2D eigenvalue weighted by Gasteiger charge is 2.21. The number of carboxylic acids is 1. The van der Waals surface area contributed by atoms with Gasteiger partial charge in [-0.05, 0) is 36.4 Å².